The van der Waals surface area contributed by atoms with Gasteiger partial charge in [0, 0.05) is 38.5 Å². The Labute approximate surface area is 320 Å². The molecule has 55 heavy (non-hydrogen) atoms. The molecule has 0 aromatic rings. The maximum atomic E-state index is 15.2. The van der Waals surface area contributed by atoms with Crippen molar-refractivity contribution in [1.82, 2.24) is 5.32 Å². The molecule has 1 amide bonds. The van der Waals surface area contributed by atoms with Gasteiger partial charge in [-0.15, -0.1) is 0 Å². The highest BCUT2D eigenvalue weighted by Crippen LogP contribution is 2.64. The van der Waals surface area contributed by atoms with Gasteiger partial charge < -0.3 is 49.1 Å². The molecular weight excluding hydrogens is 722 g/mol. The van der Waals surface area contributed by atoms with E-state index < -0.39 is 118 Å². The molecule has 16 heteroatoms. The van der Waals surface area contributed by atoms with Crippen molar-refractivity contribution in [1.29, 1.82) is 0 Å². The van der Waals surface area contributed by atoms with Gasteiger partial charge in [0.1, 0.15) is 29.5 Å². The number of esters is 4. The molecule has 16 nitrogen and oxygen atoms in total. The molecule has 0 unspecified atom stereocenters. The van der Waals surface area contributed by atoms with Gasteiger partial charge >= 0.3 is 30.0 Å². The number of rotatable bonds is 3. The van der Waals surface area contributed by atoms with Crippen molar-refractivity contribution < 1.29 is 72.5 Å². The Morgan fingerprint density at radius 2 is 1.60 bits per heavy atom. The number of carbonyl (C=O) groups is 6. The van der Waals surface area contributed by atoms with Crippen molar-refractivity contribution in [2.45, 2.75) is 173 Å². The predicted octanol–water partition coefficient (Wildman–Crippen LogP) is 2.50. The summed E-state index contributed by atoms with van der Waals surface area (Å²) in [7, 11) is 0. The van der Waals surface area contributed by atoms with E-state index in [1.807, 2.05) is 0 Å². The normalized spacial score (nSPS) is 39.5. The summed E-state index contributed by atoms with van der Waals surface area (Å²) in [6.45, 7) is 13.1. The highest BCUT2D eigenvalue weighted by atomic mass is 16.6. The van der Waals surface area contributed by atoms with Crippen molar-refractivity contribution in [3.05, 3.63) is 11.1 Å². The Bertz CT molecular complexity index is 1620. The zero-order valence-corrected chi connectivity index (χ0v) is 33.2. The van der Waals surface area contributed by atoms with E-state index in [1.54, 1.807) is 34.6 Å². The van der Waals surface area contributed by atoms with Crippen LogP contribution in [0.4, 0.5) is 4.79 Å². The van der Waals surface area contributed by atoms with Gasteiger partial charge in [-0.3, -0.25) is 19.2 Å². The van der Waals surface area contributed by atoms with Crippen molar-refractivity contribution in [2.75, 3.05) is 6.61 Å². The van der Waals surface area contributed by atoms with E-state index in [-0.39, 0.29) is 37.0 Å². The number of ketones is 1. The molecule has 2 saturated heterocycles. The number of ether oxygens (including phenoxy) is 6. The van der Waals surface area contributed by atoms with E-state index in [1.165, 1.54) is 20.8 Å². The quantitative estimate of drug-likeness (QED) is 0.183. The van der Waals surface area contributed by atoms with Crippen LogP contribution in [0.15, 0.2) is 11.1 Å². The fraction of sp³-hybridized carbons (Fsp3) is 0.795. The molecule has 4 fully saturated rings. The summed E-state index contributed by atoms with van der Waals surface area (Å²) >= 11 is 0. The molecule has 0 spiro atoms. The first-order valence-electron chi connectivity index (χ1n) is 19.1. The lowest BCUT2D eigenvalue weighted by Crippen LogP contribution is -2.82. The number of fused-ring (bicyclic) bond motifs is 6. The van der Waals surface area contributed by atoms with E-state index in [4.69, 9.17) is 28.4 Å². The molecule has 2 aliphatic heterocycles. The van der Waals surface area contributed by atoms with Crippen molar-refractivity contribution in [3.8, 4) is 0 Å². The average molecular weight is 780 g/mol. The number of carbonyl (C=O) groups excluding carboxylic acids is 6. The summed E-state index contributed by atoms with van der Waals surface area (Å²) < 4.78 is 35.3. The second-order valence-corrected chi connectivity index (χ2v) is 17.6. The Morgan fingerprint density at radius 1 is 0.945 bits per heavy atom. The Hall–Kier alpha value is -3.60. The largest absolute Gasteiger partial charge is 0.459 e. The minimum Gasteiger partial charge on any atom is -0.459 e. The zero-order chi connectivity index (χ0) is 41.1. The number of nitrogens with one attached hydrogen (secondary N) is 1. The predicted molar refractivity (Wildman–Crippen MR) is 190 cm³/mol. The number of aliphatic hydroxyl groups is 3. The molecule has 4 N–H and O–H groups in total. The Balaban J connectivity index is 1.73. The van der Waals surface area contributed by atoms with Gasteiger partial charge in [0.2, 0.25) is 0 Å². The third kappa shape index (κ3) is 7.51. The maximum Gasteiger partial charge on any atom is 0.407 e. The lowest BCUT2D eigenvalue weighted by Gasteiger charge is -2.67. The first-order chi connectivity index (χ1) is 25.4. The molecular formula is C39H57NO15. The topological polar surface area (TPSA) is 231 Å². The molecule has 5 rings (SSSR count). The number of hydrogen-bond acceptors (Lipinski definition) is 15. The lowest BCUT2D eigenvalue weighted by atomic mass is 9.44. The van der Waals surface area contributed by atoms with Crippen LogP contribution < -0.4 is 5.32 Å². The second-order valence-electron chi connectivity index (χ2n) is 17.6. The van der Waals surface area contributed by atoms with E-state index in [0.29, 0.717) is 25.7 Å². The standard InChI is InChI=1S/C39H57NO15/c1-19-23-17-39(49)32(53-26(44)15-13-11-10-12-14-22(28(45)33(47)52-23)40-34(48)55-35(4,5)6)30-37(9,24(43)16-25-38(30,18-50-25)54-21(3)42)31(46)29(51-20(2)41)27(19)36(39,7)8/h22-25,28-30,32,43,45,49H,10-18H2,1-9H3,(H,40,48)/t22-,23+,24+,25-,28+,29-,30+,32-,37-,38-,39+/m1/s1. The average Bonchev–Trinajstić information content (AvgIpc) is 3.05. The summed E-state index contributed by atoms with van der Waals surface area (Å²) in [5, 5.41) is 39.3. The van der Waals surface area contributed by atoms with E-state index in [0.717, 1.165) is 6.92 Å². The van der Waals surface area contributed by atoms with E-state index in [2.05, 4.69) is 5.32 Å². The third-order valence-corrected chi connectivity index (χ3v) is 12.4. The fourth-order valence-electron chi connectivity index (χ4n) is 9.59. The summed E-state index contributed by atoms with van der Waals surface area (Å²) in [5.74, 6) is -5.80. The first kappa shape index (κ1) is 42.5. The zero-order valence-electron chi connectivity index (χ0n) is 33.2. The molecule has 0 radical (unpaired) electrons. The number of amides is 1. The van der Waals surface area contributed by atoms with Crippen molar-refractivity contribution in [3.63, 3.8) is 0 Å². The van der Waals surface area contributed by atoms with Gasteiger partial charge in [-0.2, -0.15) is 0 Å². The molecule has 0 aromatic heterocycles. The monoisotopic (exact) mass is 779 g/mol. The van der Waals surface area contributed by atoms with Crippen LogP contribution in [0, 0.1) is 16.7 Å². The van der Waals surface area contributed by atoms with Crippen LogP contribution in [0.3, 0.4) is 0 Å². The van der Waals surface area contributed by atoms with Crippen LogP contribution in [-0.4, -0.2) is 117 Å². The van der Waals surface area contributed by atoms with E-state index >= 15 is 4.79 Å². The fourth-order valence-corrected chi connectivity index (χ4v) is 9.59. The smallest absolute Gasteiger partial charge is 0.407 e. The summed E-state index contributed by atoms with van der Waals surface area (Å²) in [6.07, 6.45) is -8.86. The molecule has 308 valence electrons. The van der Waals surface area contributed by atoms with Gasteiger partial charge in [0.05, 0.1) is 30.1 Å². The Kier molecular flexibility index (Phi) is 11.6. The molecule has 3 bridgehead atoms. The summed E-state index contributed by atoms with van der Waals surface area (Å²) in [6, 6.07) is -1.14. The summed E-state index contributed by atoms with van der Waals surface area (Å²) in [5.41, 5.74) is -8.16. The van der Waals surface area contributed by atoms with Crippen LogP contribution in [0.5, 0.6) is 0 Å². The molecule has 11 atom stereocenters. The van der Waals surface area contributed by atoms with Crippen LogP contribution in [0.2, 0.25) is 0 Å². The minimum absolute atomic E-state index is 0.0414. The first-order valence-corrected chi connectivity index (χ1v) is 19.1. The molecule has 5 aliphatic rings. The van der Waals surface area contributed by atoms with Gasteiger partial charge in [-0.05, 0) is 58.6 Å². The SMILES string of the molecule is CC(=O)O[C@H]1C(=O)[C@@]2(C)[C@H]([C@H]3OC(=O)CCCCCC[C@@H](NC(=O)OC(C)(C)C)[C@H](O)C(=O)O[C@H]4C[C@@]3(O)C(C)(C)C1=C4C)[C@@]1(OC(C)=O)CO[C@@H]1C[C@@H]2O. The van der Waals surface area contributed by atoms with Gasteiger partial charge in [0.25, 0.3) is 0 Å². The maximum absolute atomic E-state index is 15.2. The highest BCUT2D eigenvalue weighted by molar-refractivity contribution is 5.95. The molecule has 2 saturated carbocycles. The second kappa shape index (κ2) is 15.1. The minimum atomic E-state index is -2.28. The Morgan fingerprint density at radius 3 is 2.18 bits per heavy atom. The van der Waals surface area contributed by atoms with Crippen LogP contribution in [0.1, 0.15) is 114 Å². The van der Waals surface area contributed by atoms with Crippen LogP contribution in [0.25, 0.3) is 0 Å². The number of aliphatic hydroxyl groups excluding tert-OH is 2. The highest BCUT2D eigenvalue weighted by Gasteiger charge is 2.78. The van der Waals surface area contributed by atoms with Crippen molar-refractivity contribution in [2.24, 2.45) is 16.7 Å². The van der Waals surface area contributed by atoms with Gasteiger partial charge in [0.15, 0.2) is 23.6 Å². The van der Waals surface area contributed by atoms with E-state index in [9.17, 15) is 39.3 Å². The lowest BCUT2D eigenvalue weighted by molar-refractivity contribution is -0.347. The van der Waals surface area contributed by atoms with Gasteiger partial charge in [-0.1, -0.05) is 33.1 Å². The third-order valence-electron chi connectivity index (χ3n) is 12.4. The number of hydrogen-bond donors (Lipinski definition) is 4. The molecule has 3 aliphatic carbocycles. The molecule has 2 heterocycles. The van der Waals surface area contributed by atoms with Gasteiger partial charge in [-0.25, -0.2) is 9.59 Å². The number of alkyl carbamates (subject to hydrolysis) is 1. The number of Topliss-reactive ketones (excluding diaryl/α,β-unsaturated/α-hetero) is 1. The van der Waals surface area contributed by atoms with Crippen LogP contribution in [-0.2, 0) is 52.4 Å². The van der Waals surface area contributed by atoms with Crippen molar-refractivity contribution >= 4 is 35.8 Å². The molecule has 0 aromatic carbocycles. The van der Waals surface area contributed by atoms with Crippen LogP contribution >= 0.6 is 0 Å². The summed E-state index contributed by atoms with van der Waals surface area (Å²) in [4.78, 5) is 81.5.